The summed E-state index contributed by atoms with van der Waals surface area (Å²) in [5.74, 6) is 2.09. The lowest BCUT2D eigenvalue weighted by Crippen LogP contribution is -2.53. The number of rotatable bonds is 6. The molecule has 0 spiro atoms. The summed E-state index contributed by atoms with van der Waals surface area (Å²) in [4.78, 5) is 25.2. The van der Waals surface area contributed by atoms with Crippen LogP contribution in [0.3, 0.4) is 0 Å². The fraction of sp³-hybridized carbons (Fsp3) is 0.385. The Bertz CT molecular complexity index is 1040. The Morgan fingerprint density at radius 1 is 0.969 bits per heavy atom. The molecule has 1 amide bonds. The van der Waals surface area contributed by atoms with Crippen LogP contribution in [0, 0.1) is 26.7 Å². The maximum absolute atomic E-state index is 13.3. The number of amides is 1. The minimum Gasteiger partial charge on any atom is -0.477 e. The van der Waals surface area contributed by atoms with E-state index in [4.69, 9.17) is 4.74 Å². The van der Waals surface area contributed by atoms with Gasteiger partial charge in [-0.25, -0.2) is 4.79 Å². The zero-order valence-electron chi connectivity index (χ0n) is 17.7. The molecular formula is C26H26INO4. The van der Waals surface area contributed by atoms with Crippen molar-refractivity contribution < 1.29 is 19.4 Å². The molecule has 4 fully saturated rings. The van der Waals surface area contributed by atoms with E-state index >= 15 is 0 Å². The highest BCUT2D eigenvalue weighted by Gasteiger charge is 2.54. The molecule has 0 atom stereocenters. The quantitative estimate of drug-likeness (QED) is 0.355. The maximum atomic E-state index is 13.3. The molecule has 4 saturated carbocycles. The Morgan fingerprint density at radius 3 is 2.12 bits per heavy atom. The molecule has 4 bridgehead atoms. The van der Waals surface area contributed by atoms with Gasteiger partial charge in [0.15, 0.2) is 0 Å². The first kappa shape index (κ1) is 21.5. The number of carboxylic acid groups (broad SMARTS) is 1. The number of para-hydroxylation sites is 1. The number of benzene rings is 2. The Balaban J connectivity index is 1.31. The fourth-order valence-corrected chi connectivity index (χ4v) is 6.75. The van der Waals surface area contributed by atoms with Crippen molar-refractivity contribution in [1.29, 1.82) is 0 Å². The highest BCUT2D eigenvalue weighted by Crippen LogP contribution is 2.60. The fourth-order valence-electron chi connectivity index (χ4n) is 6.25. The van der Waals surface area contributed by atoms with Crippen LogP contribution in [0.4, 0.5) is 0 Å². The van der Waals surface area contributed by atoms with Gasteiger partial charge in [-0.15, -0.1) is 0 Å². The summed E-state index contributed by atoms with van der Waals surface area (Å²) < 4.78 is 6.91. The zero-order valence-corrected chi connectivity index (χ0v) is 19.9. The van der Waals surface area contributed by atoms with Gasteiger partial charge in [0.2, 0.25) is 5.91 Å². The first-order valence-corrected chi connectivity index (χ1v) is 12.3. The molecule has 0 saturated heterocycles. The molecular weight excluding hydrogens is 517 g/mol. The number of carboxylic acids is 1. The molecule has 4 aliphatic rings. The number of ether oxygens (including phenoxy) is 1. The van der Waals surface area contributed by atoms with Gasteiger partial charge in [-0.2, -0.15) is 0 Å². The van der Waals surface area contributed by atoms with E-state index < -0.39 is 5.97 Å². The van der Waals surface area contributed by atoms with Gasteiger partial charge in [-0.1, -0.05) is 24.3 Å². The van der Waals surface area contributed by atoms with Crippen LogP contribution in [-0.4, -0.2) is 17.0 Å². The Kier molecular flexibility index (Phi) is 5.73. The molecule has 0 aromatic heterocycles. The molecule has 0 aliphatic heterocycles. The topological polar surface area (TPSA) is 75.6 Å². The number of nitrogens with one attached hydrogen (secondary N) is 1. The summed E-state index contributed by atoms with van der Waals surface area (Å²) >= 11 is 2.22. The van der Waals surface area contributed by atoms with Crippen LogP contribution in [0.25, 0.3) is 6.08 Å². The summed E-state index contributed by atoms with van der Waals surface area (Å²) in [6.07, 6.45) is 7.96. The van der Waals surface area contributed by atoms with E-state index in [0.717, 1.165) is 28.6 Å². The van der Waals surface area contributed by atoms with Gasteiger partial charge >= 0.3 is 5.97 Å². The number of carbonyl (C=O) groups is 2. The first-order valence-electron chi connectivity index (χ1n) is 11.2. The molecule has 2 N–H and O–H groups in total. The summed E-state index contributed by atoms with van der Waals surface area (Å²) in [7, 11) is 0. The van der Waals surface area contributed by atoms with Gasteiger partial charge in [-0.05, 0) is 115 Å². The van der Waals surface area contributed by atoms with Crippen LogP contribution in [0.5, 0.6) is 11.5 Å². The number of halogens is 1. The average Bonchev–Trinajstić information content (AvgIpc) is 2.75. The van der Waals surface area contributed by atoms with Crippen LogP contribution in [-0.2, 0) is 9.59 Å². The summed E-state index contributed by atoms with van der Waals surface area (Å²) in [5.41, 5.74) is 0.244. The van der Waals surface area contributed by atoms with Gasteiger partial charge < -0.3 is 15.2 Å². The maximum Gasteiger partial charge on any atom is 0.352 e. The van der Waals surface area contributed by atoms with Crippen LogP contribution < -0.4 is 10.1 Å². The molecule has 5 nitrogen and oxygen atoms in total. The molecule has 0 unspecified atom stereocenters. The predicted molar refractivity (Wildman–Crippen MR) is 130 cm³/mol. The van der Waals surface area contributed by atoms with Crippen LogP contribution in [0.1, 0.15) is 44.1 Å². The van der Waals surface area contributed by atoms with Crippen molar-refractivity contribution in [3.05, 3.63) is 63.4 Å². The monoisotopic (exact) mass is 543 g/mol. The molecule has 2 aromatic rings. The van der Waals surface area contributed by atoms with E-state index in [2.05, 4.69) is 27.9 Å². The number of aliphatic carboxylic acids is 1. The summed E-state index contributed by atoms with van der Waals surface area (Å²) in [5, 5.41) is 12.5. The SMILES string of the molecule is O=C(O)/C(=C/c1ccc(Oc2ccccc2I)cc1)NC(=O)C12CC3CC(CC(C3)C1)C2. The molecule has 0 heterocycles. The third kappa shape index (κ3) is 4.29. The number of hydrogen-bond acceptors (Lipinski definition) is 3. The normalized spacial score (nSPS) is 28.4. The second-order valence-electron chi connectivity index (χ2n) is 9.62. The Morgan fingerprint density at radius 2 is 1.56 bits per heavy atom. The van der Waals surface area contributed by atoms with Gasteiger partial charge in [0.1, 0.15) is 17.2 Å². The smallest absolute Gasteiger partial charge is 0.352 e. The summed E-state index contributed by atoms with van der Waals surface area (Å²) in [6, 6.07) is 14.9. The Labute approximate surface area is 201 Å². The lowest BCUT2D eigenvalue weighted by Gasteiger charge is -2.55. The molecule has 6 heteroatoms. The van der Waals surface area contributed by atoms with Crippen LogP contribution in [0.2, 0.25) is 0 Å². The second-order valence-corrected chi connectivity index (χ2v) is 10.8. The highest BCUT2D eigenvalue weighted by molar-refractivity contribution is 14.1. The second kappa shape index (κ2) is 8.54. The van der Waals surface area contributed by atoms with Crippen molar-refractivity contribution in [1.82, 2.24) is 5.32 Å². The molecule has 4 aliphatic carbocycles. The lowest BCUT2D eigenvalue weighted by molar-refractivity contribution is -0.147. The van der Waals surface area contributed by atoms with E-state index in [0.29, 0.717) is 29.1 Å². The van der Waals surface area contributed by atoms with Crippen LogP contribution in [0.15, 0.2) is 54.2 Å². The molecule has 2 aromatic carbocycles. The van der Waals surface area contributed by atoms with Crippen molar-refractivity contribution in [3.8, 4) is 11.5 Å². The standard InChI is InChI=1S/C26H26INO4/c27-21-3-1-2-4-23(21)32-20-7-5-16(6-8-20)12-22(24(29)30)28-25(31)26-13-17-9-18(14-26)11-19(10-17)15-26/h1-8,12,17-19H,9-11,13-15H2,(H,28,31)(H,29,30)/b22-12-. The van der Waals surface area contributed by atoms with Gasteiger partial charge in [-0.3, -0.25) is 4.79 Å². The number of carbonyl (C=O) groups excluding carboxylic acids is 1. The van der Waals surface area contributed by atoms with Crippen molar-refractivity contribution in [3.63, 3.8) is 0 Å². The van der Waals surface area contributed by atoms with Crippen molar-refractivity contribution in [2.75, 3.05) is 0 Å². The van der Waals surface area contributed by atoms with Crippen molar-refractivity contribution in [2.45, 2.75) is 38.5 Å². The van der Waals surface area contributed by atoms with Crippen molar-refractivity contribution >= 4 is 40.5 Å². The molecule has 32 heavy (non-hydrogen) atoms. The molecule has 166 valence electrons. The van der Waals surface area contributed by atoms with Gasteiger partial charge in [0.05, 0.1) is 8.99 Å². The largest absolute Gasteiger partial charge is 0.477 e. The minimum absolute atomic E-state index is 0.0722. The molecule has 0 radical (unpaired) electrons. The minimum atomic E-state index is -1.12. The zero-order chi connectivity index (χ0) is 22.3. The van der Waals surface area contributed by atoms with E-state index in [1.807, 2.05) is 24.3 Å². The number of hydrogen-bond donors (Lipinski definition) is 2. The van der Waals surface area contributed by atoms with Crippen molar-refractivity contribution in [2.24, 2.45) is 23.2 Å². The van der Waals surface area contributed by atoms with Gasteiger partial charge in [0.25, 0.3) is 0 Å². The highest BCUT2D eigenvalue weighted by atomic mass is 127. The van der Waals surface area contributed by atoms with E-state index in [9.17, 15) is 14.7 Å². The molecule has 6 rings (SSSR count). The van der Waals surface area contributed by atoms with E-state index in [1.54, 1.807) is 24.3 Å². The van der Waals surface area contributed by atoms with E-state index in [1.165, 1.54) is 25.3 Å². The van der Waals surface area contributed by atoms with Gasteiger partial charge in [0, 0.05) is 0 Å². The predicted octanol–water partition coefficient (Wildman–Crippen LogP) is 5.84. The average molecular weight is 543 g/mol. The van der Waals surface area contributed by atoms with Crippen LogP contribution >= 0.6 is 22.6 Å². The Hall–Kier alpha value is -2.35. The third-order valence-corrected chi connectivity index (χ3v) is 8.15. The summed E-state index contributed by atoms with van der Waals surface area (Å²) in [6.45, 7) is 0. The van der Waals surface area contributed by atoms with E-state index in [-0.39, 0.29) is 17.0 Å². The lowest BCUT2D eigenvalue weighted by atomic mass is 9.49. The first-order chi connectivity index (χ1) is 15.4. The third-order valence-electron chi connectivity index (χ3n) is 7.25.